The summed E-state index contributed by atoms with van der Waals surface area (Å²) in [5.74, 6) is 0. The molecule has 0 aliphatic heterocycles. The van der Waals surface area contributed by atoms with Gasteiger partial charge >= 0.3 is 0 Å². The van der Waals surface area contributed by atoms with Crippen LogP contribution in [0.25, 0.3) is 0 Å². The van der Waals surface area contributed by atoms with E-state index < -0.39 is 0 Å². The van der Waals surface area contributed by atoms with Crippen molar-refractivity contribution < 1.29 is 0 Å². The Morgan fingerprint density at radius 3 is 2.39 bits per heavy atom. The number of anilines is 4. The second-order valence-electron chi connectivity index (χ2n) is 4.58. The summed E-state index contributed by atoms with van der Waals surface area (Å²) in [5.41, 5.74) is 11.1. The summed E-state index contributed by atoms with van der Waals surface area (Å²) >= 11 is 0. The molecule has 0 aliphatic rings. The Bertz CT molecular complexity index is 527. The molecule has 2 rings (SSSR count). The van der Waals surface area contributed by atoms with Crippen molar-refractivity contribution in [2.24, 2.45) is 0 Å². The summed E-state index contributed by atoms with van der Waals surface area (Å²) in [4.78, 5) is 2.08. The zero-order chi connectivity index (χ0) is 13.1. The van der Waals surface area contributed by atoms with Crippen LogP contribution in [-0.2, 0) is 0 Å². The Kier molecular flexibility index (Phi) is 3.42. The highest BCUT2D eigenvalue weighted by atomic mass is 15.1. The van der Waals surface area contributed by atoms with E-state index in [-0.39, 0.29) is 0 Å². The van der Waals surface area contributed by atoms with Crippen molar-refractivity contribution >= 4 is 22.7 Å². The van der Waals surface area contributed by atoms with Crippen LogP contribution in [0.2, 0.25) is 0 Å². The number of rotatable bonds is 3. The number of nitrogens with one attached hydrogen (secondary N) is 1. The van der Waals surface area contributed by atoms with E-state index in [1.165, 1.54) is 0 Å². The van der Waals surface area contributed by atoms with Crippen LogP contribution in [0.3, 0.4) is 0 Å². The fourth-order valence-electron chi connectivity index (χ4n) is 1.97. The quantitative estimate of drug-likeness (QED) is 0.809. The van der Waals surface area contributed by atoms with E-state index in [1.54, 1.807) is 0 Å². The van der Waals surface area contributed by atoms with Crippen molar-refractivity contribution in [1.29, 1.82) is 0 Å². The van der Waals surface area contributed by atoms with Crippen molar-refractivity contribution in [3.8, 4) is 0 Å². The molecule has 0 unspecified atom stereocenters. The molecule has 0 amide bonds. The van der Waals surface area contributed by atoms with Crippen LogP contribution in [0, 0.1) is 6.92 Å². The molecule has 0 spiro atoms. The van der Waals surface area contributed by atoms with E-state index in [0.29, 0.717) is 0 Å². The molecule has 0 fully saturated rings. The van der Waals surface area contributed by atoms with Gasteiger partial charge in [-0.3, -0.25) is 0 Å². The Morgan fingerprint density at radius 1 is 1.00 bits per heavy atom. The maximum atomic E-state index is 6.02. The molecule has 3 nitrogen and oxygen atoms in total. The molecule has 0 saturated heterocycles. The lowest BCUT2D eigenvalue weighted by Crippen LogP contribution is -2.11. The molecular weight excluding hydrogens is 222 g/mol. The minimum absolute atomic E-state index is 0.767. The Balaban J connectivity index is 2.40. The average molecular weight is 241 g/mol. The van der Waals surface area contributed by atoms with E-state index in [1.807, 2.05) is 38.4 Å². The van der Waals surface area contributed by atoms with Crippen LogP contribution in [-0.4, -0.2) is 14.1 Å². The Morgan fingerprint density at radius 2 is 1.72 bits per heavy atom. The van der Waals surface area contributed by atoms with Crippen LogP contribution in [0.4, 0.5) is 22.7 Å². The molecule has 0 bridgehead atoms. The summed E-state index contributed by atoms with van der Waals surface area (Å²) in [6.07, 6.45) is 0. The Hall–Kier alpha value is -2.16. The number of benzene rings is 2. The van der Waals surface area contributed by atoms with Gasteiger partial charge in [-0.2, -0.15) is 0 Å². The maximum Gasteiger partial charge on any atom is 0.0648 e. The van der Waals surface area contributed by atoms with E-state index in [9.17, 15) is 0 Å². The monoisotopic (exact) mass is 241 g/mol. The first-order chi connectivity index (χ1) is 8.59. The molecule has 0 aromatic heterocycles. The SMILES string of the molecule is Cc1cccc(N)c1Nc1ccccc1N(C)C. The average Bonchev–Trinajstić information content (AvgIpc) is 2.34. The van der Waals surface area contributed by atoms with Crippen LogP contribution >= 0.6 is 0 Å². The first-order valence-electron chi connectivity index (χ1n) is 5.98. The van der Waals surface area contributed by atoms with Gasteiger partial charge in [0, 0.05) is 14.1 Å². The summed E-state index contributed by atoms with van der Waals surface area (Å²) in [6, 6.07) is 14.1. The smallest absolute Gasteiger partial charge is 0.0648 e. The minimum atomic E-state index is 0.767. The minimum Gasteiger partial charge on any atom is -0.397 e. The van der Waals surface area contributed by atoms with Gasteiger partial charge < -0.3 is 16.0 Å². The van der Waals surface area contributed by atoms with Crippen molar-refractivity contribution in [3.63, 3.8) is 0 Å². The maximum absolute atomic E-state index is 6.02. The van der Waals surface area contributed by atoms with Gasteiger partial charge in [0.2, 0.25) is 0 Å². The van der Waals surface area contributed by atoms with Gasteiger partial charge in [0.25, 0.3) is 0 Å². The van der Waals surface area contributed by atoms with Gasteiger partial charge in [0.1, 0.15) is 0 Å². The molecular formula is C15H19N3. The van der Waals surface area contributed by atoms with Gasteiger partial charge in [-0.25, -0.2) is 0 Å². The van der Waals surface area contributed by atoms with Crippen LogP contribution in [0.1, 0.15) is 5.56 Å². The number of para-hydroxylation sites is 3. The zero-order valence-electron chi connectivity index (χ0n) is 11.1. The van der Waals surface area contributed by atoms with Crippen LogP contribution in [0.15, 0.2) is 42.5 Å². The molecule has 94 valence electrons. The fraction of sp³-hybridized carbons (Fsp3) is 0.200. The number of nitrogen functional groups attached to an aromatic ring is 1. The highest BCUT2D eigenvalue weighted by Gasteiger charge is 2.07. The molecule has 0 aliphatic carbocycles. The molecule has 0 heterocycles. The molecule has 2 aromatic carbocycles. The number of hydrogen-bond acceptors (Lipinski definition) is 3. The molecule has 0 saturated carbocycles. The van der Waals surface area contributed by atoms with E-state index in [0.717, 1.165) is 28.3 Å². The first-order valence-corrected chi connectivity index (χ1v) is 5.98. The molecule has 0 radical (unpaired) electrons. The third-order valence-corrected chi connectivity index (χ3v) is 2.95. The van der Waals surface area contributed by atoms with Crippen molar-refractivity contribution in [1.82, 2.24) is 0 Å². The lowest BCUT2D eigenvalue weighted by molar-refractivity contribution is 1.13. The third-order valence-electron chi connectivity index (χ3n) is 2.95. The highest BCUT2D eigenvalue weighted by molar-refractivity contribution is 5.81. The van der Waals surface area contributed by atoms with Crippen molar-refractivity contribution in [3.05, 3.63) is 48.0 Å². The van der Waals surface area contributed by atoms with E-state index >= 15 is 0 Å². The second-order valence-corrected chi connectivity index (χ2v) is 4.58. The molecule has 2 aromatic rings. The van der Waals surface area contributed by atoms with Crippen molar-refractivity contribution in [2.75, 3.05) is 30.0 Å². The van der Waals surface area contributed by atoms with E-state index in [2.05, 4.69) is 35.3 Å². The van der Waals surface area contributed by atoms with Crippen LogP contribution in [0.5, 0.6) is 0 Å². The predicted octanol–water partition coefficient (Wildman–Crippen LogP) is 3.39. The van der Waals surface area contributed by atoms with Gasteiger partial charge in [0.05, 0.1) is 22.7 Å². The lowest BCUT2D eigenvalue weighted by Gasteiger charge is -2.20. The van der Waals surface area contributed by atoms with Gasteiger partial charge in [-0.1, -0.05) is 24.3 Å². The van der Waals surface area contributed by atoms with Gasteiger partial charge in [-0.05, 0) is 30.7 Å². The zero-order valence-corrected chi connectivity index (χ0v) is 11.1. The normalized spacial score (nSPS) is 10.2. The largest absolute Gasteiger partial charge is 0.397 e. The predicted molar refractivity (Wildman–Crippen MR) is 79.6 cm³/mol. The fourth-order valence-corrected chi connectivity index (χ4v) is 1.97. The highest BCUT2D eigenvalue weighted by Crippen LogP contribution is 2.31. The van der Waals surface area contributed by atoms with Gasteiger partial charge in [0.15, 0.2) is 0 Å². The number of nitrogens with zero attached hydrogens (tertiary/aromatic N) is 1. The topological polar surface area (TPSA) is 41.3 Å². The number of nitrogens with two attached hydrogens (primary N) is 1. The van der Waals surface area contributed by atoms with Crippen molar-refractivity contribution in [2.45, 2.75) is 6.92 Å². The second kappa shape index (κ2) is 5.00. The van der Waals surface area contributed by atoms with E-state index in [4.69, 9.17) is 5.73 Å². The van der Waals surface area contributed by atoms with Crippen LogP contribution < -0.4 is 16.0 Å². The summed E-state index contributed by atoms with van der Waals surface area (Å²) in [6.45, 7) is 2.05. The molecule has 3 heteroatoms. The standard InChI is InChI=1S/C15H19N3/c1-11-7-6-8-12(16)15(11)17-13-9-4-5-10-14(13)18(2)3/h4-10,17H,16H2,1-3H3. The summed E-state index contributed by atoms with van der Waals surface area (Å²) in [7, 11) is 4.06. The number of hydrogen-bond donors (Lipinski definition) is 2. The third kappa shape index (κ3) is 2.40. The Labute approximate surface area is 108 Å². The summed E-state index contributed by atoms with van der Waals surface area (Å²) < 4.78 is 0. The molecule has 18 heavy (non-hydrogen) atoms. The molecule has 0 atom stereocenters. The summed E-state index contributed by atoms with van der Waals surface area (Å²) in [5, 5.41) is 3.42. The first kappa shape index (κ1) is 12.3. The molecule has 3 N–H and O–H groups in total. The van der Waals surface area contributed by atoms with Gasteiger partial charge in [-0.15, -0.1) is 0 Å². The number of aryl methyl sites for hydroxylation is 1. The lowest BCUT2D eigenvalue weighted by atomic mass is 10.1.